The van der Waals surface area contributed by atoms with Crippen molar-refractivity contribution in [1.29, 1.82) is 0 Å². The van der Waals surface area contributed by atoms with Gasteiger partial charge in [0, 0.05) is 19.8 Å². The molecular formula is C8H13F2NO2. The Morgan fingerprint density at radius 3 is 2.92 bits per heavy atom. The minimum atomic E-state index is -2.90. The molecule has 1 fully saturated rings. The van der Waals surface area contributed by atoms with Crippen LogP contribution in [0, 0.1) is 5.92 Å². The second-order valence-electron chi connectivity index (χ2n) is 3.11. The highest BCUT2D eigenvalue weighted by Gasteiger charge is 2.17. The number of alkyl halides is 2. The third-order valence-corrected chi connectivity index (χ3v) is 2.07. The Kier molecular flexibility index (Phi) is 4.08. The van der Waals surface area contributed by atoms with E-state index in [0.717, 1.165) is 19.4 Å². The Balaban J connectivity index is 2.03. The number of amides is 1. The lowest BCUT2D eigenvalue weighted by Crippen LogP contribution is -2.31. The molecule has 1 heterocycles. The van der Waals surface area contributed by atoms with E-state index in [4.69, 9.17) is 4.74 Å². The molecule has 1 N–H and O–H groups in total. The first-order chi connectivity index (χ1) is 6.20. The zero-order chi connectivity index (χ0) is 9.68. The van der Waals surface area contributed by atoms with Gasteiger partial charge in [-0.25, -0.2) is 0 Å². The third kappa shape index (κ3) is 3.67. The smallest absolute Gasteiger partial charge is 0.315 e. The number of carbonyl (C=O) groups excluding carboxylic acids is 1. The van der Waals surface area contributed by atoms with Gasteiger partial charge in [-0.2, -0.15) is 8.78 Å². The summed E-state index contributed by atoms with van der Waals surface area (Å²) in [5.74, 6) is -0.767. The van der Waals surface area contributed by atoms with E-state index in [1.807, 2.05) is 0 Å². The van der Waals surface area contributed by atoms with Crippen molar-refractivity contribution in [2.45, 2.75) is 19.3 Å². The maximum atomic E-state index is 11.7. The quantitative estimate of drug-likeness (QED) is 0.717. The molecule has 1 saturated heterocycles. The second kappa shape index (κ2) is 5.11. The molecule has 0 saturated carbocycles. The van der Waals surface area contributed by atoms with Gasteiger partial charge in [-0.05, 0) is 18.8 Å². The van der Waals surface area contributed by atoms with E-state index in [1.54, 1.807) is 0 Å². The third-order valence-electron chi connectivity index (χ3n) is 2.07. The molecule has 0 bridgehead atoms. The highest BCUT2D eigenvalue weighted by atomic mass is 19.3. The van der Waals surface area contributed by atoms with Gasteiger partial charge >= 0.3 is 6.43 Å². The molecule has 1 aliphatic heterocycles. The molecule has 13 heavy (non-hydrogen) atoms. The molecule has 3 nitrogen and oxygen atoms in total. The fourth-order valence-corrected chi connectivity index (χ4v) is 1.29. The predicted octanol–water partition coefficient (Wildman–Crippen LogP) is 0.794. The van der Waals surface area contributed by atoms with Crippen LogP contribution in [-0.2, 0) is 9.53 Å². The summed E-state index contributed by atoms with van der Waals surface area (Å²) in [5.41, 5.74) is 0. The van der Waals surface area contributed by atoms with Crippen LogP contribution in [0.4, 0.5) is 8.78 Å². The molecular weight excluding hydrogens is 180 g/mol. The summed E-state index contributed by atoms with van der Waals surface area (Å²) in [5, 5.41) is 2.16. The first-order valence-electron chi connectivity index (χ1n) is 4.33. The largest absolute Gasteiger partial charge is 0.381 e. The van der Waals surface area contributed by atoms with E-state index in [2.05, 4.69) is 5.32 Å². The number of halogens is 2. The lowest BCUT2D eigenvalue weighted by atomic mass is 10.1. The fraction of sp³-hybridized carbons (Fsp3) is 0.875. The average Bonchev–Trinajstić information content (AvgIpc) is 2.56. The van der Waals surface area contributed by atoms with Gasteiger partial charge in [0.15, 0.2) is 0 Å². The zero-order valence-electron chi connectivity index (χ0n) is 7.26. The lowest BCUT2D eigenvalue weighted by molar-refractivity contribution is -0.131. The van der Waals surface area contributed by atoms with Crippen molar-refractivity contribution in [2.75, 3.05) is 19.8 Å². The van der Waals surface area contributed by atoms with Crippen molar-refractivity contribution in [3.63, 3.8) is 0 Å². The van der Waals surface area contributed by atoms with Gasteiger partial charge in [0.1, 0.15) is 0 Å². The summed E-state index contributed by atoms with van der Waals surface area (Å²) >= 11 is 0. The van der Waals surface area contributed by atoms with Gasteiger partial charge in [-0.1, -0.05) is 0 Å². The SMILES string of the molecule is O=C(NCCC1CCOC1)C(F)F. The van der Waals surface area contributed by atoms with Crippen LogP contribution < -0.4 is 5.32 Å². The fourth-order valence-electron chi connectivity index (χ4n) is 1.29. The molecule has 76 valence electrons. The zero-order valence-corrected chi connectivity index (χ0v) is 7.26. The average molecular weight is 193 g/mol. The van der Waals surface area contributed by atoms with Crippen molar-refractivity contribution in [1.82, 2.24) is 5.32 Å². The lowest BCUT2D eigenvalue weighted by Gasteiger charge is -2.07. The van der Waals surface area contributed by atoms with Gasteiger partial charge in [0.05, 0.1) is 0 Å². The summed E-state index contributed by atoms with van der Waals surface area (Å²) in [6, 6.07) is 0. The number of hydrogen-bond acceptors (Lipinski definition) is 2. The Morgan fingerprint density at radius 1 is 1.62 bits per heavy atom. The normalized spacial score (nSPS) is 22.2. The van der Waals surface area contributed by atoms with E-state index < -0.39 is 12.3 Å². The van der Waals surface area contributed by atoms with Crippen molar-refractivity contribution in [3.8, 4) is 0 Å². The Labute approximate surface area is 75.4 Å². The van der Waals surface area contributed by atoms with E-state index in [-0.39, 0.29) is 0 Å². The summed E-state index contributed by atoms with van der Waals surface area (Å²) in [7, 11) is 0. The number of nitrogens with one attached hydrogen (secondary N) is 1. The minimum absolute atomic E-state index is 0.317. The van der Waals surface area contributed by atoms with Gasteiger partial charge in [0.2, 0.25) is 0 Å². The van der Waals surface area contributed by atoms with E-state index in [0.29, 0.717) is 19.1 Å². The van der Waals surface area contributed by atoms with Crippen LogP contribution in [0.5, 0.6) is 0 Å². The Hall–Kier alpha value is -0.710. The molecule has 1 aliphatic rings. The molecule has 1 amide bonds. The monoisotopic (exact) mass is 193 g/mol. The first kappa shape index (κ1) is 10.4. The summed E-state index contributed by atoms with van der Waals surface area (Å²) in [6.07, 6.45) is -1.22. The van der Waals surface area contributed by atoms with Crippen LogP contribution in [0.15, 0.2) is 0 Å². The molecule has 1 unspecified atom stereocenters. The van der Waals surface area contributed by atoms with Crippen LogP contribution in [0.3, 0.4) is 0 Å². The molecule has 1 atom stereocenters. The van der Waals surface area contributed by atoms with E-state index >= 15 is 0 Å². The van der Waals surface area contributed by atoms with Crippen LogP contribution in [0.2, 0.25) is 0 Å². The van der Waals surface area contributed by atoms with Gasteiger partial charge < -0.3 is 10.1 Å². The maximum Gasteiger partial charge on any atom is 0.315 e. The standard InChI is InChI=1S/C8H13F2NO2/c9-7(10)8(12)11-3-1-6-2-4-13-5-6/h6-7H,1-5H2,(H,11,12). The maximum absolute atomic E-state index is 11.7. The van der Waals surface area contributed by atoms with Crippen molar-refractivity contribution in [3.05, 3.63) is 0 Å². The minimum Gasteiger partial charge on any atom is -0.381 e. The molecule has 0 aromatic rings. The summed E-state index contributed by atoms with van der Waals surface area (Å²) in [6.45, 7) is 1.75. The number of rotatable bonds is 4. The molecule has 0 aromatic carbocycles. The topological polar surface area (TPSA) is 38.3 Å². The van der Waals surface area contributed by atoms with Crippen LogP contribution in [0.1, 0.15) is 12.8 Å². The van der Waals surface area contributed by atoms with Gasteiger partial charge in [0.25, 0.3) is 5.91 Å². The molecule has 5 heteroatoms. The van der Waals surface area contributed by atoms with E-state index in [1.165, 1.54) is 0 Å². The predicted molar refractivity (Wildman–Crippen MR) is 42.6 cm³/mol. The molecule has 0 aliphatic carbocycles. The summed E-state index contributed by atoms with van der Waals surface area (Å²) in [4.78, 5) is 10.4. The molecule has 0 radical (unpaired) electrons. The summed E-state index contributed by atoms with van der Waals surface area (Å²) < 4.78 is 28.5. The van der Waals surface area contributed by atoms with Gasteiger partial charge in [-0.15, -0.1) is 0 Å². The number of ether oxygens (including phenoxy) is 1. The van der Waals surface area contributed by atoms with Gasteiger partial charge in [-0.3, -0.25) is 4.79 Å². The highest BCUT2D eigenvalue weighted by Crippen LogP contribution is 2.15. The van der Waals surface area contributed by atoms with Crippen LogP contribution in [-0.4, -0.2) is 32.1 Å². The molecule has 1 rings (SSSR count). The Morgan fingerprint density at radius 2 is 2.38 bits per heavy atom. The molecule has 0 aromatic heterocycles. The van der Waals surface area contributed by atoms with Crippen LogP contribution >= 0.6 is 0 Å². The van der Waals surface area contributed by atoms with Crippen molar-refractivity contribution < 1.29 is 18.3 Å². The molecule has 0 spiro atoms. The van der Waals surface area contributed by atoms with E-state index in [9.17, 15) is 13.6 Å². The first-order valence-corrected chi connectivity index (χ1v) is 4.33. The number of carbonyl (C=O) groups is 1. The number of hydrogen-bond donors (Lipinski definition) is 1. The second-order valence-corrected chi connectivity index (χ2v) is 3.11. The Bertz CT molecular complexity index is 170. The van der Waals surface area contributed by atoms with Crippen molar-refractivity contribution >= 4 is 5.91 Å². The highest BCUT2D eigenvalue weighted by molar-refractivity contribution is 5.78. The van der Waals surface area contributed by atoms with Crippen molar-refractivity contribution in [2.24, 2.45) is 5.92 Å². The van der Waals surface area contributed by atoms with Crippen LogP contribution in [0.25, 0.3) is 0 Å².